The Morgan fingerprint density at radius 2 is 0.955 bits per heavy atom. The Bertz CT molecular complexity index is 202. The van der Waals surface area contributed by atoms with Crippen LogP contribution in [0.15, 0.2) is 0 Å². The SMILES string of the molecule is CCCCCC[N+](CCCC)(CCCCC)CCCCO.[Cl-]. The molecule has 0 fully saturated rings. The summed E-state index contributed by atoms with van der Waals surface area (Å²) in [5.41, 5.74) is 0. The third-order valence-electron chi connectivity index (χ3n) is 4.75. The average Bonchev–Trinajstić information content (AvgIpc) is 2.50. The Morgan fingerprint density at radius 3 is 1.45 bits per heavy atom. The van der Waals surface area contributed by atoms with E-state index in [0.29, 0.717) is 6.61 Å². The normalized spacial score (nSPS) is 13.6. The van der Waals surface area contributed by atoms with E-state index in [1.165, 1.54) is 94.9 Å². The molecule has 0 radical (unpaired) electrons. The van der Waals surface area contributed by atoms with Crippen LogP contribution in [-0.4, -0.2) is 42.4 Å². The first kappa shape index (κ1) is 24.5. The van der Waals surface area contributed by atoms with Crippen LogP contribution in [0.25, 0.3) is 0 Å². The molecule has 0 saturated carbocycles. The molecule has 1 unspecified atom stereocenters. The number of aliphatic hydroxyl groups excluding tert-OH is 1. The van der Waals surface area contributed by atoms with Crippen molar-refractivity contribution in [1.82, 2.24) is 0 Å². The molecule has 0 aromatic heterocycles. The summed E-state index contributed by atoms with van der Waals surface area (Å²) in [4.78, 5) is 0. The third kappa shape index (κ3) is 12.7. The van der Waals surface area contributed by atoms with Crippen molar-refractivity contribution in [3.63, 3.8) is 0 Å². The highest BCUT2D eigenvalue weighted by Gasteiger charge is 2.25. The van der Waals surface area contributed by atoms with Gasteiger partial charge in [-0.3, -0.25) is 0 Å². The highest BCUT2D eigenvalue weighted by Crippen LogP contribution is 2.17. The van der Waals surface area contributed by atoms with E-state index in [9.17, 15) is 0 Å². The molecule has 0 aliphatic heterocycles. The first-order valence-corrected chi connectivity index (χ1v) is 9.70. The Labute approximate surface area is 146 Å². The van der Waals surface area contributed by atoms with Crippen LogP contribution < -0.4 is 12.4 Å². The van der Waals surface area contributed by atoms with E-state index in [2.05, 4.69) is 20.8 Å². The summed E-state index contributed by atoms with van der Waals surface area (Å²) in [6.07, 6.45) is 14.4. The highest BCUT2D eigenvalue weighted by atomic mass is 35.5. The molecule has 0 rings (SSSR count). The van der Waals surface area contributed by atoms with Crippen LogP contribution in [0.3, 0.4) is 0 Å². The van der Waals surface area contributed by atoms with Gasteiger partial charge in [-0.25, -0.2) is 0 Å². The van der Waals surface area contributed by atoms with Crippen molar-refractivity contribution in [2.24, 2.45) is 0 Å². The Kier molecular flexibility index (Phi) is 19.5. The lowest BCUT2D eigenvalue weighted by molar-refractivity contribution is -0.929. The predicted octanol–water partition coefficient (Wildman–Crippen LogP) is 2.15. The van der Waals surface area contributed by atoms with Gasteiger partial charge in [-0.2, -0.15) is 0 Å². The van der Waals surface area contributed by atoms with Gasteiger partial charge < -0.3 is 22.0 Å². The molecule has 136 valence electrons. The first-order valence-electron chi connectivity index (χ1n) is 9.70. The summed E-state index contributed by atoms with van der Waals surface area (Å²) >= 11 is 0. The van der Waals surface area contributed by atoms with Gasteiger partial charge in [-0.1, -0.05) is 46.5 Å². The summed E-state index contributed by atoms with van der Waals surface area (Å²) in [7, 11) is 0. The van der Waals surface area contributed by atoms with Crippen LogP contribution in [0.2, 0.25) is 0 Å². The first-order chi connectivity index (χ1) is 10.2. The molecule has 1 atom stereocenters. The minimum absolute atomic E-state index is 0. The van der Waals surface area contributed by atoms with E-state index in [-0.39, 0.29) is 12.4 Å². The van der Waals surface area contributed by atoms with Gasteiger partial charge in [0.2, 0.25) is 0 Å². The second-order valence-electron chi connectivity index (χ2n) is 6.79. The molecule has 0 amide bonds. The molecule has 0 aliphatic rings. The van der Waals surface area contributed by atoms with Crippen molar-refractivity contribution in [3.05, 3.63) is 0 Å². The summed E-state index contributed by atoms with van der Waals surface area (Å²) in [5.74, 6) is 0. The van der Waals surface area contributed by atoms with Gasteiger partial charge in [0.05, 0.1) is 26.2 Å². The van der Waals surface area contributed by atoms with Crippen molar-refractivity contribution in [2.45, 2.75) is 91.4 Å². The summed E-state index contributed by atoms with van der Waals surface area (Å²) in [5, 5.41) is 9.09. The van der Waals surface area contributed by atoms with Crippen LogP contribution in [0.4, 0.5) is 0 Å². The molecule has 1 N–H and O–H groups in total. The molecule has 0 aromatic carbocycles. The summed E-state index contributed by atoms with van der Waals surface area (Å²) in [6.45, 7) is 12.6. The number of nitrogens with zero attached hydrogens (tertiary/aromatic N) is 1. The number of unbranched alkanes of at least 4 members (excludes halogenated alkanes) is 7. The molecular formula is C19H42ClNO. The van der Waals surface area contributed by atoms with Crippen molar-refractivity contribution in [3.8, 4) is 0 Å². The smallest absolute Gasteiger partial charge is 0.0787 e. The van der Waals surface area contributed by atoms with Crippen LogP contribution in [0, 0.1) is 0 Å². The van der Waals surface area contributed by atoms with Crippen molar-refractivity contribution < 1.29 is 22.0 Å². The minimum Gasteiger partial charge on any atom is -1.00 e. The summed E-state index contributed by atoms with van der Waals surface area (Å²) < 4.78 is 1.33. The topological polar surface area (TPSA) is 20.2 Å². The number of rotatable bonds is 16. The molecular weight excluding hydrogens is 294 g/mol. The van der Waals surface area contributed by atoms with Crippen LogP contribution in [-0.2, 0) is 0 Å². The van der Waals surface area contributed by atoms with Gasteiger partial charge >= 0.3 is 0 Å². The maximum Gasteiger partial charge on any atom is 0.0787 e. The quantitative estimate of drug-likeness (QED) is 0.338. The molecule has 0 bridgehead atoms. The molecule has 0 spiro atoms. The second-order valence-corrected chi connectivity index (χ2v) is 6.79. The zero-order chi connectivity index (χ0) is 15.8. The fraction of sp³-hybridized carbons (Fsp3) is 1.00. The Balaban J connectivity index is 0. The number of aliphatic hydroxyl groups is 1. The zero-order valence-corrected chi connectivity index (χ0v) is 16.3. The monoisotopic (exact) mass is 335 g/mol. The van der Waals surface area contributed by atoms with Crippen molar-refractivity contribution >= 4 is 0 Å². The van der Waals surface area contributed by atoms with Gasteiger partial charge in [-0.15, -0.1) is 0 Å². The Hall–Kier alpha value is 0.210. The van der Waals surface area contributed by atoms with Gasteiger partial charge in [-0.05, 0) is 44.9 Å². The van der Waals surface area contributed by atoms with E-state index in [1.54, 1.807) is 0 Å². The maximum atomic E-state index is 9.09. The van der Waals surface area contributed by atoms with Crippen LogP contribution in [0.1, 0.15) is 91.4 Å². The molecule has 3 heteroatoms. The van der Waals surface area contributed by atoms with E-state index < -0.39 is 0 Å². The molecule has 22 heavy (non-hydrogen) atoms. The molecule has 0 saturated heterocycles. The van der Waals surface area contributed by atoms with E-state index in [1.807, 2.05) is 0 Å². The molecule has 0 heterocycles. The maximum absolute atomic E-state index is 9.09. The standard InChI is InChI=1S/C19H42NO.ClH/c1-4-7-10-12-17-20(15-9-6-3,16-11-8-5-2)18-13-14-19-21;/h21H,4-19H2,1-3H3;1H/q+1;/p-1. The van der Waals surface area contributed by atoms with E-state index >= 15 is 0 Å². The molecule has 2 nitrogen and oxygen atoms in total. The number of quaternary nitrogens is 1. The number of hydrogen-bond acceptors (Lipinski definition) is 1. The van der Waals surface area contributed by atoms with Crippen molar-refractivity contribution in [2.75, 3.05) is 32.8 Å². The van der Waals surface area contributed by atoms with Crippen LogP contribution in [0.5, 0.6) is 0 Å². The lowest BCUT2D eigenvalue weighted by Gasteiger charge is -2.39. The second kappa shape index (κ2) is 17.6. The van der Waals surface area contributed by atoms with Gasteiger partial charge in [0.1, 0.15) is 0 Å². The largest absolute Gasteiger partial charge is 1.00 e. The van der Waals surface area contributed by atoms with Gasteiger partial charge in [0, 0.05) is 6.61 Å². The molecule has 0 aliphatic carbocycles. The lowest BCUT2D eigenvalue weighted by atomic mass is 10.1. The lowest BCUT2D eigenvalue weighted by Crippen LogP contribution is -3.00. The fourth-order valence-electron chi connectivity index (χ4n) is 3.29. The zero-order valence-electron chi connectivity index (χ0n) is 15.6. The van der Waals surface area contributed by atoms with Crippen molar-refractivity contribution in [1.29, 1.82) is 0 Å². The predicted molar refractivity (Wildman–Crippen MR) is 94.6 cm³/mol. The highest BCUT2D eigenvalue weighted by molar-refractivity contribution is 4.51. The molecule has 0 aromatic rings. The fourth-order valence-corrected chi connectivity index (χ4v) is 3.29. The summed E-state index contributed by atoms with van der Waals surface area (Å²) in [6, 6.07) is 0. The van der Waals surface area contributed by atoms with Gasteiger partial charge in [0.25, 0.3) is 0 Å². The third-order valence-corrected chi connectivity index (χ3v) is 4.75. The average molecular weight is 336 g/mol. The van der Waals surface area contributed by atoms with E-state index in [4.69, 9.17) is 5.11 Å². The Morgan fingerprint density at radius 1 is 0.545 bits per heavy atom. The number of hydrogen-bond donors (Lipinski definition) is 1. The minimum atomic E-state index is 0. The van der Waals surface area contributed by atoms with E-state index in [0.717, 1.165) is 6.42 Å². The van der Waals surface area contributed by atoms with Gasteiger partial charge in [0.15, 0.2) is 0 Å². The van der Waals surface area contributed by atoms with Crippen LogP contribution >= 0.6 is 0 Å². The number of halogens is 1.